The van der Waals surface area contributed by atoms with Gasteiger partial charge in [0, 0.05) is 11.6 Å². The summed E-state index contributed by atoms with van der Waals surface area (Å²) in [5, 5.41) is 21.3. The van der Waals surface area contributed by atoms with Crippen LogP contribution in [0.5, 0.6) is 28.7 Å². The van der Waals surface area contributed by atoms with Crippen LogP contribution in [-0.4, -0.2) is 54.6 Å². The van der Waals surface area contributed by atoms with Crippen molar-refractivity contribution in [1.29, 1.82) is 0 Å². The van der Waals surface area contributed by atoms with Crippen LogP contribution in [0.15, 0.2) is 24.3 Å². The van der Waals surface area contributed by atoms with Crippen molar-refractivity contribution >= 4 is 5.78 Å². The highest BCUT2D eigenvalue weighted by molar-refractivity contribution is 6.06. The summed E-state index contributed by atoms with van der Waals surface area (Å²) in [7, 11) is 3.06. The van der Waals surface area contributed by atoms with Crippen LogP contribution < -0.4 is 23.7 Å². The van der Waals surface area contributed by atoms with E-state index in [1.807, 2.05) is 0 Å². The van der Waals surface area contributed by atoms with Crippen molar-refractivity contribution in [1.82, 2.24) is 0 Å². The quantitative estimate of drug-likeness (QED) is 0.752. The summed E-state index contributed by atoms with van der Waals surface area (Å²) in [5.41, 5.74) is 0.288. The number of hydrogen-bond donors (Lipinski definition) is 2. The Kier molecular flexibility index (Phi) is 4.36. The van der Waals surface area contributed by atoms with E-state index < -0.39 is 29.8 Å². The SMILES string of the molecule is COc1cc2c(cc1OC)C1C(=O)c3ccc4c(c3OC1CO2)[C@@H](O)[C@H](O)C(C)(C)O4. The first-order valence-electron chi connectivity index (χ1n) is 10.1. The molecule has 4 atom stereocenters. The molecule has 0 bridgehead atoms. The minimum atomic E-state index is -1.25. The second kappa shape index (κ2) is 6.77. The maximum absolute atomic E-state index is 13.6. The van der Waals surface area contributed by atoms with Gasteiger partial charge in [0.15, 0.2) is 17.3 Å². The summed E-state index contributed by atoms with van der Waals surface area (Å²) < 4.78 is 28.7. The average Bonchev–Trinajstić information content (AvgIpc) is 2.75. The van der Waals surface area contributed by atoms with Crippen molar-refractivity contribution in [3.8, 4) is 28.7 Å². The molecule has 8 nitrogen and oxygen atoms in total. The zero-order chi connectivity index (χ0) is 22.1. The fraction of sp³-hybridized carbons (Fsp3) is 0.435. The number of Topliss-reactive ketones (excluding diaryl/α,β-unsaturated/α-hetero) is 1. The topological polar surface area (TPSA) is 104 Å². The summed E-state index contributed by atoms with van der Waals surface area (Å²) in [6.07, 6.45) is -3.03. The van der Waals surface area contributed by atoms with E-state index in [9.17, 15) is 15.0 Å². The van der Waals surface area contributed by atoms with E-state index in [1.54, 1.807) is 38.1 Å². The Bertz CT molecular complexity index is 1080. The molecule has 8 heteroatoms. The second-order valence-corrected chi connectivity index (χ2v) is 8.50. The number of carbonyl (C=O) groups excluding carboxylic acids is 1. The molecule has 2 N–H and O–H groups in total. The molecule has 0 spiro atoms. The van der Waals surface area contributed by atoms with E-state index in [2.05, 4.69) is 0 Å². The smallest absolute Gasteiger partial charge is 0.178 e. The van der Waals surface area contributed by atoms with E-state index >= 15 is 0 Å². The Labute approximate surface area is 179 Å². The van der Waals surface area contributed by atoms with Gasteiger partial charge in [-0.1, -0.05) is 0 Å². The lowest BCUT2D eigenvalue weighted by Crippen LogP contribution is -2.49. The number of ether oxygens (including phenoxy) is 5. The standard InChI is InChI=1S/C23H24O8/c1-23(2)22(26)20(25)18-12(31-23)6-5-10-19(24)17-11-7-14(27-3)15(28-4)8-13(11)29-9-16(17)30-21(10)18/h5-8,16-17,20,22,25-26H,9H2,1-4H3/t16?,17?,20-,22+/m1/s1. The van der Waals surface area contributed by atoms with Gasteiger partial charge in [0.1, 0.15) is 47.8 Å². The van der Waals surface area contributed by atoms with E-state index in [-0.39, 0.29) is 23.7 Å². The van der Waals surface area contributed by atoms with Crippen molar-refractivity contribution < 1.29 is 38.7 Å². The van der Waals surface area contributed by atoms with Crippen LogP contribution in [0, 0.1) is 0 Å². The molecule has 3 heterocycles. The number of rotatable bonds is 2. The highest BCUT2D eigenvalue weighted by atomic mass is 16.5. The molecule has 3 aliphatic heterocycles. The zero-order valence-corrected chi connectivity index (χ0v) is 17.7. The van der Waals surface area contributed by atoms with Gasteiger partial charge in [0.2, 0.25) is 0 Å². The molecule has 0 fully saturated rings. The summed E-state index contributed by atoms with van der Waals surface area (Å²) >= 11 is 0. The normalized spacial score (nSPS) is 27.4. The van der Waals surface area contributed by atoms with E-state index in [0.717, 1.165) is 0 Å². The van der Waals surface area contributed by atoms with Crippen molar-refractivity contribution in [2.24, 2.45) is 0 Å². The predicted molar refractivity (Wildman–Crippen MR) is 109 cm³/mol. The lowest BCUT2D eigenvalue weighted by atomic mass is 9.79. The number of aliphatic hydroxyl groups excluding tert-OH is 2. The predicted octanol–water partition coefficient (Wildman–Crippen LogP) is 2.39. The van der Waals surface area contributed by atoms with Gasteiger partial charge < -0.3 is 33.9 Å². The first-order valence-corrected chi connectivity index (χ1v) is 10.1. The fourth-order valence-electron chi connectivity index (χ4n) is 4.60. The molecule has 2 aromatic rings. The Balaban J connectivity index is 1.62. The van der Waals surface area contributed by atoms with Crippen LogP contribution in [0.4, 0.5) is 0 Å². The highest BCUT2D eigenvalue weighted by Crippen LogP contribution is 2.52. The molecular weight excluding hydrogens is 404 g/mol. The van der Waals surface area contributed by atoms with Crippen LogP contribution in [0.2, 0.25) is 0 Å². The summed E-state index contributed by atoms with van der Waals surface area (Å²) in [6.45, 7) is 3.53. The Morgan fingerprint density at radius 1 is 1.06 bits per heavy atom. The Hall–Kier alpha value is -2.97. The second-order valence-electron chi connectivity index (χ2n) is 8.50. The van der Waals surface area contributed by atoms with Gasteiger partial charge in [-0.05, 0) is 32.0 Å². The maximum atomic E-state index is 13.6. The van der Waals surface area contributed by atoms with Gasteiger partial charge >= 0.3 is 0 Å². The van der Waals surface area contributed by atoms with Gasteiger partial charge in [-0.3, -0.25) is 4.79 Å². The number of benzene rings is 2. The van der Waals surface area contributed by atoms with Crippen molar-refractivity contribution in [2.75, 3.05) is 20.8 Å². The number of hydrogen-bond acceptors (Lipinski definition) is 8. The molecule has 0 radical (unpaired) electrons. The van der Waals surface area contributed by atoms with Crippen LogP contribution >= 0.6 is 0 Å². The number of methoxy groups -OCH3 is 2. The number of fused-ring (bicyclic) bond motifs is 6. The number of ketones is 1. The van der Waals surface area contributed by atoms with Crippen molar-refractivity contribution in [3.05, 3.63) is 41.0 Å². The molecule has 0 saturated carbocycles. The monoisotopic (exact) mass is 428 g/mol. The summed E-state index contributed by atoms with van der Waals surface area (Å²) in [4.78, 5) is 13.6. The molecule has 0 aliphatic carbocycles. The number of aliphatic hydroxyl groups is 2. The number of carbonyl (C=O) groups is 1. The van der Waals surface area contributed by atoms with Crippen LogP contribution in [-0.2, 0) is 0 Å². The average molecular weight is 428 g/mol. The maximum Gasteiger partial charge on any atom is 0.178 e. The lowest BCUT2D eigenvalue weighted by molar-refractivity contribution is -0.113. The third kappa shape index (κ3) is 2.78. The molecule has 2 unspecified atom stereocenters. The van der Waals surface area contributed by atoms with Gasteiger partial charge in [0.25, 0.3) is 0 Å². The van der Waals surface area contributed by atoms with Crippen molar-refractivity contribution in [3.63, 3.8) is 0 Å². The molecule has 0 amide bonds. The first-order chi connectivity index (χ1) is 14.8. The molecule has 164 valence electrons. The Morgan fingerprint density at radius 3 is 2.48 bits per heavy atom. The van der Waals surface area contributed by atoms with Gasteiger partial charge in [-0.25, -0.2) is 0 Å². The van der Waals surface area contributed by atoms with Crippen LogP contribution in [0.1, 0.15) is 47.4 Å². The van der Waals surface area contributed by atoms with Crippen molar-refractivity contribution in [2.45, 2.75) is 43.7 Å². The minimum Gasteiger partial charge on any atom is -0.493 e. The molecule has 0 aromatic heterocycles. The Morgan fingerprint density at radius 2 is 1.77 bits per heavy atom. The zero-order valence-electron chi connectivity index (χ0n) is 17.7. The molecule has 5 rings (SSSR count). The summed E-state index contributed by atoms with van der Waals surface area (Å²) in [5.74, 6) is 1.40. The first kappa shape index (κ1) is 20.0. The minimum absolute atomic E-state index is 0.146. The van der Waals surface area contributed by atoms with Gasteiger partial charge in [-0.15, -0.1) is 0 Å². The fourth-order valence-corrected chi connectivity index (χ4v) is 4.60. The molecule has 3 aliphatic rings. The largest absolute Gasteiger partial charge is 0.493 e. The van der Waals surface area contributed by atoms with E-state index in [1.165, 1.54) is 14.2 Å². The third-order valence-electron chi connectivity index (χ3n) is 6.28. The van der Waals surface area contributed by atoms with Gasteiger partial charge in [0.05, 0.1) is 31.3 Å². The van der Waals surface area contributed by atoms with Gasteiger partial charge in [-0.2, -0.15) is 0 Å². The summed E-state index contributed by atoms with van der Waals surface area (Å²) in [6, 6.07) is 6.72. The lowest BCUT2D eigenvalue weighted by Gasteiger charge is -2.43. The van der Waals surface area contributed by atoms with E-state index in [0.29, 0.717) is 34.1 Å². The molecule has 31 heavy (non-hydrogen) atoms. The molecular formula is C23H24O8. The van der Waals surface area contributed by atoms with Crippen LogP contribution in [0.25, 0.3) is 0 Å². The molecule has 2 aromatic carbocycles. The third-order valence-corrected chi connectivity index (χ3v) is 6.28. The van der Waals surface area contributed by atoms with Crippen LogP contribution in [0.3, 0.4) is 0 Å². The highest BCUT2D eigenvalue weighted by Gasteiger charge is 2.49. The van der Waals surface area contributed by atoms with E-state index in [4.69, 9.17) is 23.7 Å². The molecule has 0 saturated heterocycles.